The Balaban J connectivity index is 2.71. The Hall–Kier alpha value is -1.25. The van der Waals surface area contributed by atoms with Crippen molar-refractivity contribution in [1.82, 2.24) is 9.29 Å². The molecule has 0 bridgehead atoms. The minimum atomic E-state index is -4.69. The van der Waals surface area contributed by atoms with Crippen molar-refractivity contribution in [2.75, 3.05) is 0 Å². The van der Waals surface area contributed by atoms with Gasteiger partial charge in [-0.15, -0.1) is 4.72 Å². The lowest BCUT2D eigenvalue weighted by molar-refractivity contribution is -0.152. The van der Waals surface area contributed by atoms with Crippen molar-refractivity contribution in [2.45, 2.75) is 77.9 Å². The van der Waals surface area contributed by atoms with Crippen molar-refractivity contribution < 1.29 is 22.1 Å². The normalized spacial score (nSPS) is 15.5. The summed E-state index contributed by atoms with van der Waals surface area (Å²) in [5.74, 6) is -0.448. The van der Waals surface area contributed by atoms with Crippen LogP contribution in [0.2, 0.25) is 0 Å². The van der Waals surface area contributed by atoms with Crippen LogP contribution in [0.4, 0.5) is 17.6 Å². The fraction of sp³-hybridized carbons (Fsp3) is 0.619. The summed E-state index contributed by atoms with van der Waals surface area (Å²) in [4.78, 5) is 0. The van der Waals surface area contributed by atoms with Gasteiger partial charge in [-0.05, 0) is 50.3 Å². The second kappa shape index (κ2) is 8.47. The van der Waals surface area contributed by atoms with E-state index >= 15 is 0 Å². The van der Waals surface area contributed by atoms with Crippen LogP contribution in [0.25, 0.3) is 10.9 Å². The smallest absolute Gasteiger partial charge is 0.412 e. The van der Waals surface area contributed by atoms with Gasteiger partial charge in [-0.1, -0.05) is 27.7 Å². The van der Waals surface area contributed by atoms with Gasteiger partial charge in [0.05, 0.1) is 0 Å². The van der Waals surface area contributed by atoms with E-state index in [1.165, 1.54) is 12.3 Å². The van der Waals surface area contributed by atoms with Gasteiger partial charge in [-0.3, -0.25) is 0 Å². The first-order valence-corrected chi connectivity index (χ1v) is 10.8. The molecule has 2 rings (SSSR count). The minimum Gasteiger partial charge on any atom is -0.598 e. The van der Waals surface area contributed by atoms with Crippen molar-refractivity contribution in [3.63, 3.8) is 0 Å². The third kappa shape index (κ3) is 5.47. The Labute approximate surface area is 173 Å². The number of nitrogens with zero attached hydrogens (tertiary/aromatic N) is 1. The predicted octanol–water partition coefficient (Wildman–Crippen LogP) is 6.22. The minimum absolute atomic E-state index is 0.102. The summed E-state index contributed by atoms with van der Waals surface area (Å²) in [7, 11) is 0. The number of hydrogen-bond acceptors (Lipinski definition) is 2. The molecule has 2 atom stereocenters. The molecule has 164 valence electrons. The summed E-state index contributed by atoms with van der Waals surface area (Å²) >= 11 is -1.95. The highest BCUT2D eigenvalue weighted by Crippen LogP contribution is 2.40. The van der Waals surface area contributed by atoms with Gasteiger partial charge < -0.3 is 9.12 Å². The molecule has 29 heavy (non-hydrogen) atoms. The average Bonchev–Trinajstić information content (AvgIpc) is 2.85. The highest BCUT2D eigenvalue weighted by molar-refractivity contribution is 7.90. The Bertz CT molecular complexity index is 853. The topological polar surface area (TPSA) is 40.0 Å². The molecular weight excluding hydrogens is 404 g/mol. The molecule has 1 aromatic carbocycles. The Morgan fingerprint density at radius 3 is 2.10 bits per heavy atom. The van der Waals surface area contributed by atoms with Crippen LogP contribution in [-0.4, -0.2) is 20.0 Å². The van der Waals surface area contributed by atoms with Gasteiger partial charge in [-0.2, -0.15) is 13.2 Å². The van der Waals surface area contributed by atoms with Crippen LogP contribution < -0.4 is 4.72 Å². The SMILES string of the molecule is CC(C)Cn1cc([C@H](N[S+]([O-])C(C)(C)C)C(F)(F)F)c2cc(F)c(C(C)C)cc21. The van der Waals surface area contributed by atoms with Crippen LogP contribution in [0.3, 0.4) is 0 Å². The van der Waals surface area contributed by atoms with E-state index in [4.69, 9.17) is 0 Å². The molecule has 0 aliphatic heterocycles. The van der Waals surface area contributed by atoms with Gasteiger partial charge in [0.2, 0.25) is 0 Å². The highest BCUT2D eigenvalue weighted by Gasteiger charge is 2.47. The molecule has 0 aliphatic rings. The van der Waals surface area contributed by atoms with Crippen LogP contribution >= 0.6 is 0 Å². The maximum absolute atomic E-state index is 14.7. The molecule has 2 aromatic rings. The van der Waals surface area contributed by atoms with E-state index in [9.17, 15) is 22.1 Å². The lowest BCUT2D eigenvalue weighted by Crippen LogP contribution is -2.45. The fourth-order valence-electron chi connectivity index (χ4n) is 3.16. The van der Waals surface area contributed by atoms with E-state index in [1.54, 1.807) is 31.4 Å². The van der Waals surface area contributed by atoms with E-state index in [-0.39, 0.29) is 22.8 Å². The first-order valence-electron chi connectivity index (χ1n) is 9.69. The third-order valence-corrected chi connectivity index (χ3v) is 6.20. The maximum atomic E-state index is 14.7. The van der Waals surface area contributed by atoms with Crippen LogP contribution in [0.5, 0.6) is 0 Å². The van der Waals surface area contributed by atoms with E-state index in [0.717, 1.165) is 0 Å². The Morgan fingerprint density at radius 1 is 1.07 bits per heavy atom. The number of halogens is 4. The average molecular weight is 435 g/mol. The van der Waals surface area contributed by atoms with Gasteiger partial charge in [0.1, 0.15) is 10.6 Å². The van der Waals surface area contributed by atoms with E-state index in [0.29, 0.717) is 17.6 Å². The lowest BCUT2D eigenvalue weighted by Gasteiger charge is -2.29. The predicted molar refractivity (Wildman–Crippen MR) is 111 cm³/mol. The van der Waals surface area contributed by atoms with Gasteiger partial charge in [0, 0.05) is 40.6 Å². The van der Waals surface area contributed by atoms with Crippen LogP contribution in [-0.2, 0) is 17.9 Å². The van der Waals surface area contributed by atoms with E-state index < -0.39 is 34.1 Å². The summed E-state index contributed by atoms with van der Waals surface area (Å²) < 4.78 is 72.1. The molecule has 1 aromatic heterocycles. The quantitative estimate of drug-likeness (QED) is 0.433. The molecule has 0 radical (unpaired) electrons. The molecule has 0 saturated heterocycles. The number of hydrogen-bond donors (Lipinski definition) is 1. The molecule has 0 amide bonds. The second-order valence-electron chi connectivity index (χ2n) is 9.15. The summed E-state index contributed by atoms with van der Waals surface area (Å²) in [6.45, 7) is 12.9. The molecule has 1 N–H and O–H groups in total. The van der Waals surface area contributed by atoms with Gasteiger partial charge >= 0.3 is 6.18 Å². The standard InChI is InChI=1S/C21H30F4N2OS/c1-12(2)10-27-11-16(15-8-17(22)14(13(3)4)9-18(15)27)19(21(23,24)25)26-29(28)20(5,6)7/h8-9,11-13,19,26H,10H2,1-7H3/t19-,29?/m0/s1. The second-order valence-corrected chi connectivity index (χ2v) is 11.1. The molecule has 0 fully saturated rings. The number of rotatable bonds is 6. The maximum Gasteiger partial charge on any atom is 0.412 e. The molecule has 3 nitrogen and oxygen atoms in total. The zero-order valence-corrected chi connectivity index (χ0v) is 18.8. The van der Waals surface area contributed by atoms with Crippen molar-refractivity contribution in [3.8, 4) is 0 Å². The van der Waals surface area contributed by atoms with E-state index in [1.807, 2.05) is 27.7 Å². The summed E-state index contributed by atoms with van der Waals surface area (Å²) in [6.07, 6.45) is -3.27. The van der Waals surface area contributed by atoms with E-state index in [2.05, 4.69) is 4.72 Å². The van der Waals surface area contributed by atoms with Crippen molar-refractivity contribution in [2.24, 2.45) is 5.92 Å². The molecular formula is C21H30F4N2OS. The monoisotopic (exact) mass is 434 g/mol. The Morgan fingerprint density at radius 2 is 1.66 bits per heavy atom. The number of benzene rings is 1. The summed E-state index contributed by atoms with van der Waals surface area (Å²) in [6, 6.07) is 0.648. The van der Waals surface area contributed by atoms with Crippen molar-refractivity contribution in [3.05, 3.63) is 35.3 Å². The molecule has 0 aliphatic carbocycles. The zero-order chi connectivity index (χ0) is 22.3. The first kappa shape index (κ1) is 24.0. The van der Waals surface area contributed by atoms with Gasteiger partial charge in [-0.25, -0.2) is 4.39 Å². The molecule has 8 heteroatoms. The number of alkyl halides is 3. The fourth-order valence-corrected chi connectivity index (χ4v) is 3.99. The summed E-state index contributed by atoms with van der Waals surface area (Å²) in [5.41, 5.74) is 0.901. The summed E-state index contributed by atoms with van der Waals surface area (Å²) in [5, 5.41) is 0.188. The van der Waals surface area contributed by atoms with Gasteiger partial charge in [0.25, 0.3) is 0 Å². The zero-order valence-electron chi connectivity index (χ0n) is 17.9. The number of nitrogens with one attached hydrogen (secondary N) is 1. The molecule has 1 heterocycles. The molecule has 0 saturated carbocycles. The number of fused-ring (bicyclic) bond motifs is 1. The third-order valence-electron chi connectivity index (χ3n) is 4.63. The first-order chi connectivity index (χ1) is 13.1. The lowest BCUT2D eigenvalue weighted by atomic mass is 9.98. The number of aromatic nitrogens is 1. The highest BCUT2D eigenvalue weighted by atomic mass is 32.2. The van der Waals surface area contributed by atoms with Crippen molar-refractivity contribution in [1.29, 1.82) is 0 Å². The van der Waals surface area contributed by atoms with Gasteiger partial charge in [0.15, 0.2) is 6.04 Å². The van der Waals surface area contributed by atoms with Crippen LogP contribution in [0.15, 0.2) is 18.3 Å². The van der Waals surface area contributed by atoms with Crippen LogP contribution in [0, 0.1) is 11.7 Å². The van der Waals surface area contributed by atoms with Crippen LogP contribution in [0.1, 0.15) is 71.6 Å². The molecule has 0 spiro atoms. The molecule has 1 unspecified atom stereocenters. The van der Waals surface area contributed by atoms with Crippen molar-refractivity contribution >= 4 is 22.3 Å². The largest absolute Gasteiger partial charge is 0.598 e. The Kier molecular flexibility index (Phi) is 7.02.